The van der Waals surface area contributed by atoms with Crippen LogP contribution in [0.3, 0.4) is 0 Å². The van der Waals surface area contributed by atoms with Crippen LogP contribution in [0, 0.1) is 17.2 Å². The molecule has 3 aromatic carbocycles. The Hall–Kier alpha value is -2.82. The summed E-state index contributed by atoms with van der Waals surface area (Å²) in [5.41, 5.74) is -0.670. The minimum absolute atomic E-state index is 0.123. The number of hydrogen-bond acceptors (Lipinski definition) is 4. The number of carbonyl (C=O) groups excluding carboxylic acids is 1. The van der Waals surface area contributed by atoms with Crippen LogP contribution in [0.1, 0.15) is 61.6 Å². The zero-order valence-electron chi connectivity index (χ0n) is 23.5. The molecule has 43 heavy (non-hydrogen) atoms. The highest BCUT2D eigenvalue weighted by Crippen LogP contribution is 2.55. The number of carbonyl (C=O) groups is 2. The molecule has 0 aromatic heterocycles. The van der Waals surface area contributed by atoms with Gasteiger partial charge in [0, 0.05) is 45.4 Å². The van der Waals surface area contributed by atoms with Gasteiger partial charge in [-0.25, -0.2) is 8.70 Å². The molecule has 0 bridgehead atoms. The summed E-state index contributed by atoms with van der Waals surface area (Å²) in [5, 5.41) is 13.7. The summed E-state index contributed by atoms with van der Waals surface area (Å²) in [6, 6.07) is 19.6. The van der Waals surface area contributed by atoms with E-state index in [1.807, 2.05) is 6.07 Å². The molecule has 7 nitrogen and oxygen atoms in total. The predicted molar refractivity (Wildman–Crippen MR) is 162 cm³/mol. The van der Waals surface area contributed by atoms with E-state index in [0.717, 1.165) is 18.4 Å². The SMILES string of the molecule is C[C@@]1(CC(=O)O)C[C@H](c2cccc(Cl)c2)[C@H](C[C@@](c2ccc(Cl)cc2)(C2CC2)N(Cc2ccccc2F)S(=O)[O-])NC1=O. The van der Waals surface area contributed by atoms with E-state index in [0.29, 0.717) is 15.6 Å². The van der Waals surface area contributed by atoms with Crippen molar-refractivity contribution < 1.29 is 27.8 Å². The molecule has 0 radical (unpaired) electrons. The number of nitrogens with one attached hydrogen (secondary N) is 1. The molecule has 1 amide bonds. The average molecular weight is 647 g/mol. The monoisotopic (exact) mass is 645 g/mol. The van der Waals surface area contributed by atoms with Crippen molar-refractivity contribution in [1.82, 2.24) is 9.62 Å². The second kappa shape index (κ2) is 12.7. The summed E-state index contributed by atoms with van der Waals surface area (Å²) < 4.78 is 42.6. The third-order valence-corrected chi connectivity index (χ3v) is 10.2. The Morgan fingerprint density at radius 3 is 2.42 bits per heavy atom. The van der Waals surface area contributed by atoms with Gasteiger partial charge < -0.3 is 15.0 Å². The van der Waals surface area contributed by atoms with Crippen molar-refractivity contribution in [3.8, 4) is 0 Å². The van der Waals surface area contributed by atoms with Crippen LogP contribution in [-0.4, -0.2) is 36.1 Å². The summed E-state index contributed by atoms with van der Waals surface area (Å²) in [5.74, 6) is -2.54. The van der Waals surface area contributed by atoms with E-state index >= 15 is 0 Å². The third-order valence-electron chi connectivity index (χ3n) is 8.86. The maximum Gasteiger partial charge on any atom is 0.304 e. The normalized spacial score (nSPS) is 24.3. The Kier molecular flexibility index (Phi) is 9.30. The lowest BCUT2D eigenvalue weighted by atomic mass is 9.66. The number of nitrogens with zero attached hydrogens (tertiary/aromatic N) is 1. The molecule has 1 unspecified atom stereocenters. The number of piperidine rings is 1. The first kappa shape index (κ1) is 31.6. The molecule has 5 atom stereocenters. The number of halogens is 3. The zero-order valence-corrected chi connectivity index (χ0v) is 25.8. The van der Waals surface area contributed by atoms with Crippen molar-refractivity contribution >= 4 is 46.3 Å². The minimum Gasteiger partial charge on any atom is -0.760 e. The fourth-order valence-electron chi connectivity index (χ4n) is 6.64. The fraction of sp³-hybridized carbons (Fsp3) is 0.375. The topological polar surface area (TPSA) is 110 Å². The number of amides is 1. The Labute approximate surface area is 262 Å². The molecule has 2 N–H and O–H groups in total. The van der Waals surface area contributed by atoms with E-state index in [1.54, 1.807) is 67.6 Å². The Morgan fingerprint density at radius 2 is 1.81 bits per heavy atom. The van der Waals surface area contributed by atoms with Crippen LogP contribution in [0.15, 0.2) is 72.8 Å². The third kappa shape index (κ3) is 6.66. The van der Waals surface area contributed by atoms with Gasteiger partial charge in [0.1, 0.15) is 5.82 Å². The molecule has 11 heteroatoms. The molecule has 1 saturated heterocycles. The van der Waals surface area contributed by atoms with E-state index in [2.05, 4.69) is 5.32 Å². The van der Waals surface area contributed by atoms with E-state index in [4.69, 9.17) is 23.2 Å². The summed E-state index contributed by atoms with van der Waals surface area (Å²) in [6.45, 7) is 1.41. The molecular weight excluding hydrogens is 614 g/mol. The smallest absolute Gasteiger partial charge is 0.304 e. The molecule has 1 aliphatic heterocycles. The van der Waals surface area contributed by atoms with Crippen LogP contribution in [0.5, 0.6) is 0 Å². The Balaban J connectivity index is 1.66. The zero-order chi connectivity index (χ0) is 30.9. The highest BCUT2D eigenvalue weighted by molar-refractivity contribution is 7.76. The van der Waals surface area contributed by atoms with Crippen LogP contribution in [0.4, 0.5) is 4.39 Å². The van der Waals surface area contributed by atoms with Gasteiger partial charge in [0.25, 0.3) is 0 Å². The molecule has 2 aliphatic rings. The first-order valence-corrected chi connectivity index (χ1v) is 15.9. The van der Waals surface area contributed by atoms with Crippen molar-refractivity contribution in [1.29, 1.82) is 0 Å². The van der Waals surface area contributed by atoms with E-state index in [-0.39, 0.29) is 43.2 Å². The van der Waals surface area contributed by atoms with Crippen molar-refractivity contribution in [2.24, 2.45) is 11.3 Å². The molecule has 3 aromatic rings. The number of hydrogen-bond donors (Lipinski definition) is 2. The standard InChI is InChI=1S/C32H33Cl2FN2O5S/c1-31(18-29(38)39)16-26(20-6-4-7-25(34)15-20)28(36-30(31)40)17-32(22-9-10-22,23-11-13-24(33)14-12-23)37(43(41)42)19-21-5-2-3-8-27(21)35/h2-8,11-15,22,26,28H,9-10,16-19H2,1H3,(H,36,40)(H,38,39)(H,41,42)/p-1/t26-,28+,31+,32+/m1/s1. The fourth-order valence-corrected chi connectivity index (χ4v) is 7.81. The molecule has 1 saturated carbocycles. The number of rotatable bonds is 11. The van der Waals surface area contributed by atoms with Crippen molar-refractivity contribution in [2.45, 2.75) is 63.1 Å². The number of benzene rings is 3. The Morgan fingerprint density at radius 1 is 1.12 bits per heavy atom. The van der Waals surface area contributed by atoms with Crippen molar-refractivity contribution in [3.05, 3.63) is 105 Å². The number of aliphatic carboxylic acids is 1. The highest BCUT2D eigenvalue weighted by Gasteiger charge is 2.55. The summed E-state index contributed by atoms with van der Waals surface area (Å²) in [7, 11) is 0. The average Bonchev–Trinajstić information content (AvgIpc) is 3.79. The van der Waals surface area contributed by atoms with E-state index in [1.165, 1.54) is 10.4 Å². The van der Waals surface area contributed by atoms with Crippen molar-refractivity contribution in [3.63, 3.8) is 0 Å². The van der Waals surface area contributed by atoms with Gasteiger partial charge in [0.2, 0.25) is 5.91 Å². The molecule has 1 aliphatic carbocycles. The maximum absolute atomic E-state index is 14.9. The number of carboxylic acid groups (broad SMARTS) is 1. The van der Waals surface area contributed by atoms with Crippen LogP contribution in [-0.2, 0) is 32.9 Å². The van der Waals surface area contributed by atoms with Gasteiger partial charge in [-0.05, 0) is 73.1 Å². The first-order chi connectivity index (χ1) is 20.4. The van der Waals surface area contributed by atoms with Gasteiger partial charge in [-0.15, -0.1) is 0 Å². The Bertz CT molecular complexity index is 1540. The van der Waals surface area contributed by atoms with Gasteiger partial charge >= 0.3 is 5.97 Å². The van der Waals surface area contributed by atoms with Crippen LogP contribution in [0.25, 0.3) is 0 Å². The summed E-state index contributed by atoms with van der Waals surface area (Å²) in [4.78, 5) is 25.4. The predicted octanol–water partition coefficient (Wildman–Crippen LogP) is 6.58. The van der Waals surface area contributed by atoms with Gasteiger partial charge in [-0.3, -0.25) is 13.8 Å². The summed E-state index contributed by atoms with van der Waals surface area (Å²) >= 11 is 9.84. The lowest BCUT2D eigenvalue weighted by molar-refractivity contribution is -0.147. The molecule has 0 spiro atoms. The molecule has 2 fully saturated rings. The van der Waals surface area contributed by atoms with E-state index in [9.17, 15) is 27.8 Å². The number of carboxylic acids is 1. The quantitative estimate of drug-likeness (QED) is 0.229. The maximum atomic E-state index is 14.9. The molecule has 228 valence electrons. The summed E-state index contributed by atoms with van der Waals surface area (Å²) in [6.07, 6.45) is 1.47. The van der Waals surface area contributed by atoms with Gasteiger partial charge in [0.15, 0.2) is 0 Å². The van der Waals surface area contributed by atoms with E-state index < -0.39 is 46.0 Å². The van der Waals surface area contributed by atoms with Crippen molar-refractivity contribution in [2.75, 3.05) is 0 Å². The second-order valence-corrected chi connectivity index (χ2v) is 13.6. The molecule has 1 heterocycles. The largest absolute Gasteiger partial charge is 0.760 e. The minimum atomic E-state index is -2.79. The molecular formula is C32H32Cl2FN2O5S-. The van der Waals surface area contributed by atoms with Crippen LogP contribution < -0.4 is 5.32 Å². The van der Waals surface area contributed by atoms with Crippen LogP contribution >= 0.6 is 23.2 Å². The first-order valence-electron chi connectivity index (χ1n) is 14.1. The van der Waals surface area contributed by atoms with Gasteiger partial charge in [-0.1, -0.05) is 72.6 Å². The second-order valence-electron chi connectivity index (χ2n) is 11.8. The lowest BCUT2D eigenvalue weighted by Gasteiger charge is -2.50. The van der Waals surface area contributed by atoms with Gasteiger partial charge in [0.05, 0.1) is 17.4 Å². The van der Waals surface area contributed by atoms with Gasteiger partial charge in [-0.2, -0.15) is 0 Å². The molecule has 5 rings (SSSR count). The van der Waals surface area contributed by atoms with Crippen LogP contribution in [0.2, 0.25) is 10.0 Å². The lowest BCUT2D eigenvalue weighted by Crippen LogP contribution is -2.59. The highest BCUT2D eigenvalue weighted by atomic mass is 35.5.